The molecule has 0 aliphatic carbocycles. The molecule has 2 aromatic rings. The van der Waals surface area contributed by atoms with E-state index in [-0.39, 0.29) is 16.6 Å². The van der Waals surface area contributed by atoms with Crippen LogP contribution in [0.25, 0.3) is 0 Å². The third-order valence-corrected chi connectivity index (χ3v) is 2.75. The Bertz CT molecular complexity index is 672. The number of carbonyl (C=O) groups is 2. The highest BCUT2D eigenvalue weighted by molar-refractivity contribution is 7.80. The minimum absolute atomic E-state index is 0.0623. The van der Waals surface area contributed by atoms with Gasteiger partial charge >= 0.3 is 0 Å². The zero-order valence-corrected chi connectivity index (χ0v) is 11.5. The highest BCUT2D eigenvalue weighted by Gasteiger charge is 2.07. The number of carboxylic acids is 1. The molecule has 0 aliphatic heterocycles. The lowest BCUT2D eigenvalue weighted by Gasteiger charge is -2.10. The quantitative estimate of drug-likeness (QED) is 0.805. The molecule has 6 nitrogen and oxygen atoms in total. The molecule has 0 saturated heterocycles. The number of nitrogens with one attached hydrogen (secondary N) is 2. The Morgan fingerprint density at radius 2 is 1.62 bits per heavy atom. The molecule has 1 aromatic carbocycles. The topological polar surface area (TPSA) is 94.1 Å². The van der Waals surface area contributed by atoms with Gasteiger partial charge in [-0.05, 0) is 42.0 Å². The number of pyridine rings is 1. The van der Waals surface area contributed by atoms with Gasteiger partial charge in [0.25, 0.3) is 5.91 Å². The Kier molecular flexibility index (Phi) is 4.57. The van der Waals surface area contributed by atoms with Crippen molar-refractivity contribution < 1.29 is 14.7 Å². The normalized spacial score (nSPS) is 9.71. The van der Waals surface area contributed by atoms with Crippen molar-refractivity contribution >= 4 is 34.9 Å². The van der Waals surface area contributed by atoms with E-state index in [2.05, 4.69) is 15.6 Å². The highest BCUT2D eigenvalue weighted by Crippen LogP contribution is 2.09. The van der Waals surface area contributed by atoms with Crippen LogP contribution < -0.4 is 15.7 Å². The van der Waals surface area contributed by atoms with Crippen LogP contribution in [0.15, 0.2) is 48.8 Å². The molecule has 0 aliphatic rings. The Balaban J connectivity index is 1.95. The molecule has 2 rings (SSSR count). The molecule has 1 aromatic heterocycles. The van der Waals surface area contributed by atoms with Gasteiger partial charge in [0.15, 0.2) is 5.11 Å². The Morgan fingerprint density at radius 3 is 2.19 bits per heavy atom. The summed E-state index contributed by atoms with van der Waals surface area (Å²) in [6.07, 6.45) is 3.01. The van der Waals surface area contributed by atoms with Crippen molar-refractivity contribution in [2.75, 3.05) is 5.32 Å². The fourth-order valence-electron chi connectivity index (χ4n) is 1.53. The summed E-state index contributed by atoms with van der Waals surface area (Å²) in [4.78, 5) is 26.3. The highest BCUT2D eigenvalue weighted by atomic mass is 32.1. The van der Waals surface area contributed by atoms with E-state index in [0.29, 0.717) is 11.3 Å². The zero-order chi connectivity index (χ0) is 15.2. The second-order valence-electron chi connectivity index (χ2n) is 4.01. The summed E-state index contributed by atoms with van der Waals surface area (Å²) >= 11 is 5.01. The van der Waals surface area contributed by atoms with Crippen LogP contribution in [-0.2, 0) is 0 Å². The number of aromatic carboxylic acids is 1. The van der Waals surface area contributed by atoms with Crippen LogP contribution in [0, 0.1) is 0 Å². The number of benzene rings is 1. The molecule has 1 amide bonds. The third-order valence-electron chi connectivity index (χ3n) is 2.55. The summed E-state index contributed by atoms with van der Waals surface area (Å²) in [7, 11) is 0. The maximum absolute atomic E-state index is 11.8. The van der Waals surface area contributed by atoms with Gasteiger partial charge < -0.3 is 15.2 Å². The number of hydrogen-bond donors (Lipinski definition) is 2. The Morgan fingerprint density at radius 1 is 1.00 bits per heavy atom. The predicted molar refractivity (Wildman–Crippen MR) is 78.7 cm³/mol. The second kappa shape index (κ2) is 6.58. The lowest BCUT2D eigenvalue weighted by molar-refractivity contribution is -0.255. The molecule has 7 heteroatoms. The molecule has 0 saturated carbocycles. The van der Waals surface area contributed by atoms with Gasteiger partial charge in [-0.3, -0.25) is 15.1 Å². The van der Waals surface area contributed by atoms with Gasteiger partial charge in [0.05, 0.1) is 5.97 Å². The van der Waals surface area contributed by atoms with Crippen molar-refractivity contribution in [3.63, 3.8) is 0 Å². The van der Waals surface area contributed by atoms with Crippen molar-refractivity contribution in [3.8, 4) is 0 Å². The number of aromatic nitrogens is 1. The first-order chi connectivity index (χ1) is 10.1. The van der Waals surface area contributed by atoms with Gasteiger partial charge in [-0.2, -0.15) is 0 Å². The first-order valence-corrected chi connectivity index (χ1v) is 6.31. The van der Waals surface area contributed by atoms with E-state index < -0.39 is 5.97 Å². The summed E-state index contributed by atoms with van der Waals surface area (Å²) in [5.41, 5.74) is 1.05. The number of anilines is 1. The lowest BCUT2D eigenvalue weighted by Crippen LogP contribution is -2.34. The van der Waals surface area contributed by atoms with Crippen LogP contribution in [0.5, 0.6) is 0 Å². The van der Waals surface area contributed by atoms with Crippen molar-refractivity contribution in [2.24, 2.45) is 0 Å². The molecule has 21 heavy (non-hydrogen) atoms. The molecule has 0 bridgehead atoms. The third kappa shape index (κ3) is 4.08. The van der Waals surface area contributed by atoms with E-state index in [9.17, 15) is 14.7 Å². The van der Waals surface area contributed by atoms with Crippen LogP contribution in [0.4, 0.5) is 5.69 Å². The number of thiocarbonyl (C=S) groups is 1. The van der Waals surface area contributed by atoms with Crippen molar-refractivity contribution in [1.82, 2.24) is 10.3 Å². The number of amides is 1. The van der Waals surface area contributed by atoms with E-state index in [1.807, 2.05) is 0 Å². The first kappa shape index (κ1) is 14.6. The molecule has 1 heterocycles. The van der Waals surface area contributed by atoms with Gasteiger partial charge in [-0.25, -0.2) is 0 Å². The average molecular weight is 300 g/mol. The van der Waals surface area contributed by atoms with Crippen LogP contribution >= 0.6 is 12.2 Å². The summed E-state index contributed by atoms with van der Waals surface area (Å²) in [5.74, 6) is -1.61. The number of carbonyl (C=O) groups excluding carboxylic acids is 2. The first-order valence-electron chi connectivity index (χ1n) is 5.90. The largest absolute Gasteiger partial charge is 0.545 e. The number of rotatable bonds is 3. The number of nitrogens with zero attached hydrogens (tertiary/aromatic N) is 1. The molecule has 0 radical (unpaired) electrons. The lowest BCUT2D eigenvalue weighted by atomic mass is 10.2. The average Bonchev–Trinajstić information content (AvgIpc) is 2.48. The monoisotopic (exact) mass is 300 g/mol. The van der Waals surface area contributed by atoms with Gasteiger partial charge in [0, 0.05) is 23.6 Å². The molecule has 2 N–H and O–H groups in total. The van der Waals surface area contributed by atoms with Gasteiger partial charge in [0.2, 0.25) is 0 Å². The number of carboxylic acid groups (broad SMARTS) is 1. The van der Waals surface area contributed by atoms with Crippen molar-refractivity contribution in [3.05, 3.63) is 59.9 Å². The van der Waals surface area contributed by atoms with E-state index >= 15 is 0 Å². The summed E-state index contributed by atoms with van der Waals surface area (Å²) in [6.45, 7) is 0. The summed E-state index contributed by atoms with van der Waals surface area (Å²) < 4.78 is 0. The van der Waals surface area contributed by atoms with Gasteiger partial charge in [0.1, 0.15) is 0 Å². The Labute approximate surface area is 125 Å². The molecule has 106 valence electrons. The summed E-state index contributed by atoms with van der Waals surface area (Å²) in [6, 6.07) is 8.93. The standard InChI is InChI=1S/C14H11N3O3S/c18-12(9-5-7-15-8-6-9)17-14(21)16-11-3-1-10(2-4-11)13(19)20/h1-8H,(H,19,20)(H2,16,17,18,21)/p-1. The molecule has 0 atom stereocenters. The maximum Gasteiger partial charge on any atom is 0.257 e. The minimum Gasteiger partial charge on any atom is -0.545 e. The van der Waals surface area contributed by atoms with Crippen molar-refractivity contribution in [1.29, 1.82) is 0 Å². The maximum atomic E-state index is 11.8. The smallest absolute Gasteiger partial charge is 0.257 e. The minimum atomic E-state index is -1.25. The fraction of sp³-hybridized carbons (Fsp3) is 0. The zero-order valence-electron chi connectivity index (χ0n) is 10.7. The second-order valence-corrected chi connectivity index (χ2v) is 4.42. The molecule has 0 unspecified atom stereocenters. The molecular weight excluding hydrogens is 290 g/mol. The SMILES string of the molecule is O=C([O-])c1ccc(NC(=S)NC(=O)c2ccncc2)cc1. The van der Waals surface area contributed by atoms with E-state index in [0.717, 1.165) is 0 Å². The van der Waals surface area contributed by atoms with E-state index in [4.69, 9.17) is 12.2 Å². The van der Waals surface area contributed by atoms with Gasteiger partial charge in [-0.1, -0.05) is 12.1 Å². The Hall–Kier alpha value is -2.80. The van der Waals surface area contributed by atoms with E-state index in [1.165, 1.54) is 36.7 Å². The van der Waals surface area contributed by atoms with Crippen LogP contribution in [0.1, 0.15) is 20.7 Å². The summed E-state index contributed by atoms with van der Waals surface area (Å²) in [5, 5.41) is 16.0. The fourth-order valence-corrected chi connectivity index (χ4v) is 1.74. The number of hydrogen-bond acceptors (Lipinski definition) is 5. The molecule has 0 fully saturated rings. The van der Waals surface area contributed by atoms with Crippen LogP contribution in [-0.4, -0.2) is 22.0 Å². The van der Waals surface area contributed by atoms with Crippen molar-refractivity contribution in [2.45, 2.75) is 0 Å². The molecule has 0 spiro atoms. The van der Waals surface area contributed by atoms with Crippen LogP contribution in [0.3, 0.4) is 0 Å². The van der Waals surface area contributed by atoms with Crippen LogP contribution in [0.2, 0.25) is 0 Å². The van der Waals surface area contributed by atoms with Gasteiger partial charge in [-0.15, -0.1) is 0 Å². The predicted octanol–water partition coefficient (Wildman–Crippen LogP) is 0.572. The van der Waals surface area contributed by atoms with E-state index in [1.54, 1.807) is 12.1 Å². The molecular formula is C14H10N3O3S-.